The highest BCUT2D eigenvalue weighted by molar-refractivity contribution is 6.01. The molecule has 5 rings (SSSR count). The number of carbonyl (C=O) groups is 1. The molecule has 0 bridgehead atoms. The summed E-state index contributed by atoms with van der Waals surface area (Å²) in [5.74, 6) is 0.791. The second-order valence-corrected chi connectivity index (χ2v) is 8.18. The van der Waals surface area contributed by atoms with Crippen molar-refractivity contribution >= 4 is 11.6 Å². The van der Waals surface area contributed by atoms with E-state index in [1.54, 1.807) is 36.4 Å². The third kappa shape index (κ3) is 3.80. The molecule has 0 spiro atoms. The van der Waals surface area contributed by atoms with Gasteiger partial charge in [-0.25, -0.2) is 0 Å². The van der Waals surface area contributed by atoms with Crippen molar-refractivity contribution in [1.82, 2.24) is 0 Å². The maximum absolute atomic E-state index is 13.9. The van der Waals surface area contributed by atoms with Crippen molar-refractivity contribution in [3.8, 4) is 22.6 Å². The number of benzene rings is 3. The van der Waals surface area contributed by atoms with Crippen LogP contribution in [0.1, 0.15) is 31.0 Å². The number of aliphatic hydroxyl groups excluding tert-OH is 1. The molecule has 3 aromatic carbocycles. The third-order valence-corrected chi connectivity index (χ3v) is 6.17. The summed E-state index contributed by atoms with van der Waals surface area (Å²) in [6, 6.07) is 15.4. The zero-order valence-electron chi connectivity index (χ0n) is 17.4. The molecule has 0 atom stereocenters. The molecule has 1 fully saturated rings. The Morgan fingerprint density at radius 2 is 1.76 bits per heavy atom. The smallest absolute Gasteiger partial charge is 0.417 e. The van der Waals surface area contributed by atoms with Crippen molar-refractivity contribution in [2.45, 2.75) is 31.0 Å². The molecule has 2 N–H and O–H groups in total. The Labute approximate surface area is 189 Å². The van der Waals surface area contributed by atoms with Crippen LogP contribution in [0.2, 0.25) is 0 Å². The van der Waals surface area contributed by atoms with Crippen LogP contribution in [0, 0.1) is 0 Å². The topological polar surface area (TPSA) is 67.8 Å². The van der Waals surface area contributed by atoms with Gasteiger partial charge in [0.15, 0.2) is 11.5 Å². The summed E-state index contributed by atoms with van der Waals surface area (Å²) in [5.41, 5.74) is -0.250. The van der Waals surface area contributed by atoms with E-state index in [9.17, 15) is 23.1 Å². The fourth-order valence-corrected chi connectivity index (χ4v) is 4.23. The lowest BCUT2D eigenvalue weighted by molar-refractivity contribution is -0.137. The Kier molecular flexibility index (Phi) is 5.05. The normalized spacial score (nSPS) is 15.9. The molecule has 1 aliphatic heterocycles. The lowest BCUT2D eigenvalue weighted by Crippen LogP contribution is -2.28. The van der Waals surface area contributed by atoms with E-state index in [0.29, 0.717) is 35.5 Å². The molecule has 1 saturated carbocycles. The van der Waals surface area contributed by atoms with Crippen molar-refractivity contribution in [3.63, 3.8) is 0 Å². The number of amides is 1. The van der Waals surface area contributed by atoms with Crippen molar-refractivity contribution in [1.29, 1.82) is 0 Å². The van der Waals surface area contributed by atoms with Crippen LogP contribution in [0.15, 0.2) is 60.7 Å². The number of aliphatic hydroxyl groups is 1. The second kappa shape index (κ2) is 7.81. The molecule has 8 heteroatoms. The Morgan fingerprint density at radius 3 is 2.48 bits per heavy atom. The number of rotatable bonds is 5. The van der Waals surface area contributed by atoms with Crippen LogP contribution in [0.25, 0.3) is 11.1 Å². The van der Waals surface area contributed by atoms with E-state index in [0.717, 1.165) is 11.6 Å². The fourth-order valence-electron chi connectivity index (χ4n) is 4.23. The monoisotopic (exact) mass is 457 g/mol. The van der Waals surface area contributed by atoms with Gasteiger partial charge >= 0.3 is 6.18 Å². The molecule has 2 aliphatic rings. The van der Waals surface area contributed by atoms with Gasteiger partial charge in [0.1, 0.15) is 0 Å². The molecule has 0 saturated heterocycles. The molecule has 172 valence electrons. The lowest BCUT2D eigenvalue weighted by atomic mass is 9.93. The Bertz CT molecular complexity index is 1240. The first-order valence-corrected chi connectivity index (χ1v) is 10.4. The Morgan fingerprint density at radius 1 is 1.00 bits per heavy atom. The van der Waals surface area contributed by atoms with Gasteiger partial charge in [0.05, 0.1) is 17.6 Å². The van der Waals surface area contributed by atoms with E-state index in [4.69, 9.17) is 9.47 Å². The first-order chi connectivity index (χ1) is 15.8. The van der Waals surface area contributed by atoms with Gasteiger partial charge < -0.3 is 19.9 Å². The SMILES string of the molecule is O=C(Nc1ccc(-c2ccccc2CO)c(C(F)(F)F)c1)C1(c2ccc3c(c2)OCO3)CC1.[HH]. The summed E-state index contributed by atoms with van der Waals surface area (Å²) < 4.78 is 52.5. The van der Waals surface area contributed by atoms with Crippen LogP contribution in [-0.4, -0.2) is 17.8 Å². The molecule has 0 radical (unpaired) electrons. The number of alkyl halides is 3. The molecule has 1 aliphatic carbocycles. The molecule has 33 heavy (non-hydrogen) atoms. The molecular formula is C25H22F3NO4. The lowest BCUT2D eigenvalue weighted by Gasteiger charge is -2.19. The highest BCUT2D eigenvalue weighted by Gasteiger charge is 2.51. The Balaban J connectivity index is 0.00000274. The highest BCUT2D eigenvalue weighted by atomic mass is 19.4. The molecular weight excluding hydrogens is 435 g/mol. The summed E-state index contributed by atoms with van der Waals surface area (Å²) in [4.78, 5) is 13.1. The van der Waals surface area contributed by atoms with Crippen LogP contribution >= 0.6 is 0 Å². The average molecular weight is 457 g/mol. The zero-order chi connectivity index (χ0) is 23.2. The zero-order valence-corrected chi connectivity index (χ0v) is 17.4. The molecule has 1 heterocycles. The first-order valence-electron chi connectivity index (χ1n) is 10.4. The minimum Gasteiger partial charge on any atom is -0.454 e. The number of hydrogen-bond acceptors (Lipinski definition) is 4. The van der Waals surface area contributed by atoms with Crippen LogP contribution in [0.5, 0.6) is 11.5 Å². The van der Waals surface area contributed by atoms with Crippen LogP contribution in [0.4, 0.5) is 18.9 Å². The van der Waals surface area contributed by atoms with Gasteiger partial charge in [-0.05, 0) is 59.4 Å². The van der Waals surface area contributed by atoms with E-state index in [2.05, 4.69) is 5.32 Å². The van der Waals surface area contributed by atoms with Crippen LogP contribution in [-0.2, 0) is 23.0 Å². The van der Waals surface area contributed by atoms with Crippen molar-refractivity contribution in [2.24, 2.45) is 0 Å². The standard InChI is InChI=1S/C25H20F3NO4.H2/c26-25(27,28)20-12-17(6-7-19(20)18-4-2-1-3-15(18)13-30)29-23(31)24(9-10-24)16-5-8-21-22(11-16)33-14-32-21;/h1-8,11-12,30H,9-10,13-14H2,(H,29,31);1H. The van der Waals surface area contributed by atoms with E-state index >= 15 is 0 Å². The fraction of sp³-hybridized carbons (Fsp3) is 0.240. The molecule has 0 unspecified atom stereocenters. The molecule has 0 aromatic heterocycles. The molecule has 1 amide bonds. The average Bonchev–Trinajstić information content (AvgIpc) is 3.49. The molecule has 5 nitrogen and oxygen atoms in total. The number of anilines is 1. The van der Waals surface area contributed by atoms with Crippen molar-refractivity contribution in [3.05, 3.63) is 77.4 Å². The van der Waals surface area contributed by atoms with E-state index in [1.165, 1.54) is 18.2 Å². The van der Waals surface area contributed by atoms with Gasteiger partial charge in [-0.2, -0.15) is 13.2 Å². The summed E-state index contributed by atoms with van der Waals surface area (Å²) in [5, 5.41) is 12.2. The van der Waals surface area contributed by atoms with Crippen molar-refractivity contribution < 1.29 is 34.0 Å². The number of fused-ring (bicyclic) bond motifs is 1. The van der Waals surface area contributed by atoms with E-state index in [-0.39, 0.29) is 32.0 Å². The summed E-state index contributed by atoms with van der Waals surface area (Å²) >= 11 is 0. The first kappa shape index (κ1) is 21.3. The van der Waals surface area contributed by atoms with Gasteiger partial charge in [0.25, 0.3) is 0 Å². The number of nitrogens with one attached hydrogen (secondary N) is 1. The summed E-state index contributed by atoms with van der Waals surface area (Å²) in [6.07, 6.45) is -3.47. The quantitative estimate of drug-likeness (QED) is 0.530. The summed E-state index contributed by atoms with van der Waals surface area (Å²) in [7, 11) is 0. The third-order valence-electron chi connectivity index (χ3n) is 6.17. The highest BCUT2D eigenvalue weighted by Crippen LogP contribution is 2.51. The number of carbonyl (C=O) groups excluding carboxylic acids is 1. The summed E-state index contributed by atoms with van der Waals surface area (Å²) in [6.45, 7) is -0.270. The predicted molar refractivity (Wildman–Crippen MR) is 117 cm³/mol. The van der Waals surface area contributed by atoms with E-state index < -0.39 is 17.2 Å². The largest absolute Gasteiger partial charge is 0.454 e. The maximum Gasteiger partial charge on any atom is 0.417 e. The second-order valence-electron chi connectivity index (χ2n) is 8.18. The van der Waals surface area contributed by atoms with Crippen molar-refractivity contribution in [2.75, 3.05) is 12.1 Å². The number of halogens is 3. The maximum atomic E-state index is 13.9. The van der Waals surface area contributed by atoms with E-state index in [1.807, 2.05) is 0 Å². The Hall–Kier alpha value is -3.52. The van der Waals surface area contributed by atoms with Gasteiger partial charge in [0, 0.05) is 7.11 Å². The van der Waals surface area contributed by atoms with Gasteiger partial charge in [-0.1, -0.05) is 36.4 Å². The van der Waals surface area contributed by atoms with Gasteiger partial charge in [0.2, 0.25) is 12.7 Å². The number of hydrogen-bond donors (Lipinski definition) is 2. The van der Waals surface area contributed by atoms with Crippen LogP contribution in [0.3, 0.4) is 0 Å². The van der Waals surface area contributed by atoms with Gasteiger partial charge in [-0.15, -0.1) is 0 Å². The minimum absolute atomic E-state index is 0. The predicted octanol–water partition coefficient (Wildman–Crippen LogP) is 5.51. The van der Waals surface area contributed by atoms with Gasteiger partial charge in [-0.3, -0.25) is 4.79 Å². The van der Waals surface area contributed by atoms with Crippen LogP contribution < -0.4 is 14.8 Å². The minimum atomic E-state index is -4.65. The molecule has 3 aromatic rings. The number of ether oxygens (including phenoxy) is 2.